The average Bonchev–Trinajstić information content (AvgIpc) is 2.78. The molecule has 124 valence electrons. The van der Waals surface area contributed by atoms with Gasteiger partial charge >= 0.3 is 0 Å². The first kappa shape index (κ1) is 17.3. The Balaban J connectivity index is 2.31. The fraction of sp³-hybridized carbons (Fsp3) is 0.412. The molecule has 0 bridgehead atoms. The maximum atomic E-state index is 12.4. The van der Waals surface area contributed by atoms with E-state index in [-0.39, 0.29) is 5.91 Å². The summed E-state index contributed by atoms with van der Waals surface area (Å²) in [4.78, 5) is 14.0. The highest BCUT2D eigenvalue weighted by atomic mass is 32.1. The number of hydrogen-bond donors (Lipinski definition) is 1. The molecule has 0 unspecified atom stereocenters. The van der Waals surface area contributed by atoms with Gasteiger partial charge in [-0.2, -0.15) is 0 Å². The third kappa shape index (κ3) is 4.01. The SMILES string of the molecule is CCCN1C(=O)/C(=C/c2ccc(OCC)cc2OCC)NC1=S. The predicted octanol–water partition coefficient (Wildman–Crippen LogP) is 2.95. The van der Waals surface area contributed by atoms with Crippen LogP contribution in [0.3, 0.4) is 0 Å². The number of nitrogens with one attached hydrogen (secondary N) is 1. The number of rotatable bonds is 7. The summed E-state index contributed by atoms with van der Waals surface area (Å²) in [6, 6.07) is 5.57. The number of amides is 1. The molecule has 1 N–H and O–H groups in total. The second-order valence-corrected chi connectivity index (χ2v) is 5.40. The van der Waals surface area contributed by atoms with E-state index >= 15 is 0 Å². The van der Waals surface area contributed by atoms with Gasteiger partial charge in [0, 0.05) is 18.2 Å². The Labute approximate surface area is 142 Å². The van der Waals surface area contributed by atoms with Crippen LogP contribution in [0, 0.1) is 0 Å². The number of ether oxygens (including phenoxy) is 2. The molecule has 1 fully saturated rings. The molecule has 1 aliphatic heterocycles. The number of carbonyl (C=O) groups is 1. The Morgan fingerprint density at radius 3 is 2.61 bits per heavy atom. The van der Waals surface area contributed by atoms with Crippen LogP contribution in [-0.2, 0) is 4.79 Å². The van der Waals surface area contributed by atoms with Crippen LogP contribution in [0.5, 0.6) is 11.5 Å². The molecule has 2 rings (SSSR count). The van der Waals surface area contributed by atoms with Crippen molar-refractivity contribution >= 4 is 29.3 Å². The molecule has 23 heavy (non-hydrogen) atoms. The van der Waals surface area contributed by atoms with Crippen molar-refractivity contribution < 1.29 is 14.3 Å². The first-order valence-corrected chi connectivity index (χ1v) is 8.25. The predicted molar refractivity (Wildman–Crippen MR) is 94.5 cm³/mol. The molecular weight excluding hydrogens is 312 g/mol. The van der Waals surface area contributed by atoms with E-state index in [0.717, 1.165) is 17.7 Å². The highest BCUT2D eigenvalue weighted by molar-refractivity contribution is 7.80. The molecular formula is C17H22N2O3S. The third-order valence-electron chi connectivity index (χ3n) is 3.31. The van der Waals surface area contributed by atoms with E-state index in [2.05, 4.69) is 5.32 Å². The second-order valence-electron chi connectivity index (χ2n) is 5.01. The van der Waals surface area contributed by atoms with Gasteiger partial charge in [0.15, 0.2) is 5.11 Å². The van der Waals surface area contributed by atoms with Gasteiger partial charge in [0.1, 0.15) is 17.2 Å². The molecule has 0 radical (unpaired) electrons. The van der Waals surface area contributed by atoms with Gasteiger partial charge < -0.3 is 14.8 Å². The lowest BCUT2D eigenvalue weighted by Gasteiger charge is -2.11. The standard InChI is InChI=1S/C17H22N2O3S/c1-4-9-19-16(20)14(18-17(19)23)10-12-7-8-13(21-5-2)11-15(12)22-6-3/h7-8,10-11H,4-6,9H2,1-3H3,(H,18,23)/b14-10-. The van der Waals surface area contributed by atoms with Crippen LogP contribution >= 0.6 is 12.2 Å². The second kappa shape index (κ2) is 7.97. The van der Waals surface area contributed by atoms with Gasteiger partial charge in [0.25, 0.3) is 5.91 Å². The number of benzene rings is 1. The molecule has 0 spiro atoms. The molecule has 0 saturated carbocycles. The van der Waals surface area contributed by atoms with Crippen LogP contribution in [0.1, 0.15) is 32.8 Å². The maximum absolute atomic E-state index is 12.4. The quantitative estimate of drug-likeness (QED) is 0.614. The number of nitrogens with zero attached hydrogens (tertiary/aromatic N) is 1. The largest absolute Gasteiger partial charge is 0.494 e. The molecule has 1 heterocycles. The Morgan fingerprint density at radius 1 is 1.22 bits per heavy atom. The summed E-state index contributed by atoms with van der Waals surface area (Å²) in [6.07, 6.45) is 2.62. The molecule has 1 aromatic carbocycles. The Kier molecular flexibility index (Phi) is 5.98. The molecule has 0 aromatic heterocycles. The van der Waals surface area contributed by atoms with Gasteiger partial charge in [-0.1, -0.05) is 6.92 Å². The smallest absolute Gasteiger partial charge is 0.276 e. The van der Waals surface area contributed by atoms with E-state index in [1.54, 1.807) is 11.0 Å². The van der Waals surface area contributed by atoms with Crippen LogP contribution in [0.25, 0.3) is 6.08 Å². The van der Waals surface area contributed by atoms with Crippen LogP contribution in [0.4, 0.5) is 0 Å². The lowest BCUT2D eigenvalue weighted by Crippen LogP contribution is -2.31. The van der Waals surface area contributed by atoms with Gasteiger partial charge in [-0.05, 0) is 50.7 Å². The van der Waals surface area contributed by atoms with E-state index in [0.29, 0.717) is 36.3 Å². The minimum atomic E-state index is -0.104. The van der Waals surface area contributed by atoms with Crippen LogP contribution in [-0.4, -0.2) is 35.7 Å². The van der Waals surface area contributed by atoms with Crippen LogP contribution in [0.15, 0.2) is 23.9 Å². The summed E-state index contributed by atoms with van der Waals surface area (Å²) in [5, 5.41) is 3.43. The summed E-state index contributed by atoms with van der Waals surface area (Å²) in [7, 11) is 0. The molecule has 1 aliphatic rings. The highest BCUT2D eigenvalue weighted by Crippen LogP contribution is 2.28. The topological polar surface area (TPSA) is 50.8 Å². The molecule has 0 atom stereocenters. The average molecular weight is 334 g/mol. The Bertz CT molecular complexity index is 628. The molecule has 5 nitrogen and oxygen atoms in total. The van der Waals surface area contributed by atoms with Gasteiger partial charge in [-0.25, -0.2) is 0 Å². The maximum Gasteiger partial charge on any atom is 0.276 e. The Morgan fingerprint density at radius 2 is 1.96 bits per heavy atom. The van der Waals surface area contributed by atoms with Crippen molar-refractivity contribution in [2.24, 2.45) is 0 Å². The van der Waals surface area contributed by atoms with Crippen molar-refractivity contribution in [2.75, 3.05) is 19.8 Å². The minimum absolute atomic E-state index is 0.104. The monoisotopic (exact) mass is 334 g/mol. The third-order valence-corrected chi connectivity index (χ3v) is 3.63. The number of thiocarbonyl (C=S) groups is 1. The van der Waals surface area contributed by atoms with Crippen molar-refractivity contribution in [3.05, 3.63) is 29.5 Å². The van der Waals surface area contributed by atoms with Crippen molar-refractivity contribution in [3.8, 4) is 11.5 Å². The number of hydrogen-bond acceptors (Lipinski definition) is 4. The summed E-state index contributed by atoms with van der Waals surface area (Å²) in [5.41, 5.74) is 1.28. The van der Waals surface area contributed by atoms with Gasteiger partial charge in [0.05, 0.1) is 13.2 Å². The number of carbonyl (C=O) groups excluding carboxylic acids is 1. The first-order valence-electron chi connectivity index (χ1n) is 7.84. The van der Waals surface area contributed by atoms with E-state index in [4.69, 9.17) is 21.7 Å². The zero-order valence-electron chi connectivity index (χ0n) is 13.7. The van der Waals surface area contributed by atoms with Crippen LogP contribution < -0.4 is 14.8 Å². The van der Waals surface area contributed by atoms with Crippen molar-refractivity contribution in [1.29, 1.82) is 0 Å². The molecule has 0 aliphatic carbocycles. The fourth-order valence-corrected chi connectivity index (χ4v) is 2.61. The lowest BCUT2D eigenvalue weighted by atomic mass is 10.1. The summed E-state index contributed by atoms with van der Waals surface area (Å²) in [6.45, 7) is 7.60. The molecule has 6 heteroatoms. The lowest BCUT2D eigenvalue weighted by molar-refractivity contribution is -0.122. The Hall–Kier alpha value is -2.08. The summed E-state index contributed by atoms with van der Waals surface area (Å²) < 4.78 is 11.2. The van der Waals surface area contributed by atoms with E-state index in [1.165, 1.54) is 0 Å². The minimum Gasteiger partial charge on any atom is -0.494 e. The van der Waals surface area contributed by atoms with Crippen LogP contribution in [0.2, 0.25) is 0 Å². The normalized spacial score (nSPS) is 16.0. The zero-order chi connectivity index (χ0) is 16.8. The van der Waals surface area contributed by atoms with E-state index in [9.17, 15) is 4.79 Å². The van der Waals surface area contributed by atoms with Gasteiger partial charge in [-0.15, -0.1) is 0 Å². The molecule has 1 amide bonds. The van der Waals surface area contributed by atoms with Crippen molar-refractivity contribution in [1.82, 2.24) is 10.2 Å². The summed E-state index contributed by atoms with van der Waals surface area (Å²) >= 11 is 5.22. The zero-order valence-corrected chi connectivity index (χ0v) is 14.5. The fourth-order valence-electron chi connectivity index (χ4n) is 2.32. The van der Waals surface area contributed by atoms with Crippen molar-refractivity contribution in [2.45, 2.75) is 27.2 Å². The van der Waals surface area contributed by atoms with Crippen molar-refractivity contribution in [3.63, 3.8) is 0 Å². The molecule has 1 saturated heterocycles. The van der Waals surface area contributed by atoms with E-state index in [1.807, 2.05) is 39.0 Å². The summed E-state index contributed by atoms with van der Waals surface area (Å²) in [5.74, 6) is 1.32. The highest BCUT2D eigenvalue weighted by Gasteiger charge is 2.29. The van der Waals surface area contributed by atoms with Gasteiger partial charge in [0.2, 0.25) is 0 Å². The van der Waals surface area contributed by atoms with Gasteiger partial charge in [-0.3, -0.25) is 9.69 Å². The first-order chi connectivity index (χ1) is 11.1. The molecule has 1 aromatic rings. The van der Waals surface area contributed by atoms with E-state index < -0.39 is 0 Å².